The highest BCUT2D eigenvalue weighted by Crippen LogP contribution is 2.44. The van der Waals surface area contributed by atoms with Crippen molar-refractivity contribution in [3.63, 3.8) is 0 Å². The first-order valence-corrected chi connectivity index (χ1v) is 10.6. The summed E-state index contributed by atoms with van der Waals surface area (Å²) in [6, 6.07) is 13.2. The summed E-state index contributed by atoms with van der Waals surface area (Å²) in [7, 11) is 0. The number of alkyl carbamates (subject to hydrolysis) is 1. The van der Waals surface area contributed by atoms with Gasteiger partial charge in [0, 0.05) is 12.3 Å². The fourth-order valence-corrected chi connectivity index (χ4v) is 3.84. The van der Waals surface area contributed by atoms with Gasteiger partial charge >= 0.3 is 12.1 Å². The number of carbonyl (C=O) groups excluding carboxylic acids is 2. The molecule has 0 fully saturated rings. The Bertz CT molecular complexity index is 1060. The fourth-order valence-electron chi connectivity index (χ4n) is 3.84. The predicted octanol–water partition coefficient (Wildman–Crippen LogP) is 2.26. The van der Waals surface area contributed by atoms with E-state index in [1.165, 1.54) is 6.92 Å². The topological polar surface area (TPSA) is 125 Å². The second kappa shape index (κ2) is 10.7. The molecular formula is C25H26N2O6. The van der Waals surface area contributed by atoms with Crippen LogP contribution in [0.15, 0.2) is 48.5 Å². The zero-order valence-electron chi connectivity index (χ0n) is 18.4. The number of hydrogen-bond donors (Lipinski definition) is 4. The highest BCUT2D eigenvalue weighted by atomic mass is 16.5. The van der Waals surface area contributed by atoms with E-state index in [0.29, 0.717) is 0 Å². The maximum Gasteiger partial charge on any atom is 0.407 e. The van der Waals surface area contributed by atoms with Crippen molar-refractivity contribution in [3.05, 3.63) is 59.7 Å². The number of ether oxygens (including phenoxy) is 1. The third-order valence-electron chi connectivity index (χ3n) is 5.48. The Morgan fingerprint density at radius 2 is 1.61 bits per heavy atom. The second-order valence-corrected chi connectivity index (χ2v) is 7.72. The van der Waals surface area contributed by atoms with Crippen LogP contribution < -0.4 is 10.6 Å². The van der Waals surface area contributed by atoms with Crippen LogP contribution in [-0.2, 0) is 14.3 Å². The van der Waals surface area contributed by atoms with Crippen LogP contribution >= 0.6 is 0 Å². The van der Waals surface area contributed by atoms with Crippen molar-refractivity contribution >= 4 is 18.0 Å². The minimum absolute atomic E-state index is 0.0430. The molecule has 8 nitrogen and oxygen atoms in total. The molecule has 0 spiro atoms. The van der Waals surface area contributed by atoms with Crippen LogP contribution in [0.25, 0.3) is 11.1 Å². The van der Waals surface area contributed by atoms with E-state index in [9.17, 15) is 24.6 Å². The number of amides is 2. The predicted molar refractivity (Wildman–Crippen MR) is 121 cm³/mol. The number of aliphatic carboxylic acids is 1. The summed E-state index contributed by atoms with van der Waals surface area (Å²) >= 11 is 0. The summed E-state index contributed by atoms with van der Waals surface area (Å²) in [6.07, 6.45) is -2.18. The van der Waals surface area contributed by atoms with Gasteiger partial charge in [-0.1, -0.05) is 48.5 Å². The number of carboxylic acids is 1. The molecule has 0 radical (unpaired) electrons. The normalized spacial score (nSPS) is 14.5. The Morgan fingerprint density at radius 3 is 2.12 bits per heavy atom. The molecule has 8 heteroatoms. The van der Waals surface area contributed by atoms with E-state index in [4.69, 9.17) is 4.74 Å². The molecule has 0 aliphatic heterocycles. The standard InChI is InChI=1S/C25H26N2O6/c1-3-4-13-21(23(29)27-22(15(2)28)24(30)31)26-25(32)33-14-20-18-11-7-5-9-16(18)17-10-6-8-12-19(17)20/h5-12,15,20-22,28H,13-14H2,1-2H3,(H,26,32)(H,27,29)(H,30,31). The lowest BCUT2D eigenvalue weighted by atomic mass is 9.98. The zero-order chi connectivity index (χ0) is 24.0. The molecule has 0 saturated carbocycles. The van der Waals surface area contributed by atoms with Gasteiger partial charge in [-0.05, 0) is 36.1 Å². The van der Waals surface area contributed by atoms with E-state index in [1.54, 1.807) is 6.92 Å². The minimum Gasteiger partial charge on any atom is -0.480 e. The lowest BCUT2D eigenvalue weighted by Crippen LogP contribution is -2.54. The summed E-state index contributed by atoms with van der Waals surface area (Å²) in [4.78, 5) is 36.4. The largest absolute Gasteiger partial charge is 0.480 e. The van der Waals surface area contributed by atoms with E-state index in [-0.39, 0.29) is 18.9 Å². The van der Waals surface area contributed by atoms with Crippen molar-refractivity contribution in [2.75, 3.05) is 6.61 Å². The van der Waals surface area contributed by atoms with Gasteiger partial charge in [-0.15, -0.1) is 11.8 Å². The van der Waals surface area contributed by atoms with E-state index in [0.717, 1.165) is 22.3 Å². The van der Waals surface area contributed by atoms with Gasteiger partial charge < -0.3 is 25.6 Å². The molecule has 1 aliphatic carbocycles. The van der Waals surface area contributed by atoms with Crippen LogP contribution in [0.3, 0.4) is 0 Å². The van der Waals surface area contributed by atoms with Crippen LogP contribution in [-0.4, -0.2) is 53.0 Å². The molecule has 0 heterocycles. The molecule has 0 saturated heterocycles. The minimum atomic E-state index is -1.51. The molecule has 3 unspecified atom stereocenters. The third kappa shape index (κ3) is 5.51. The summed E-state index contributed by atoms with van der Waals surface area (Å²) in [5.41, 5.74) is 4.29. The average molecular weight is 450 g/mol. The first-order chi connectivity index (χ1) is 15.8. The number of aliphatic hydroxyl groups excluding tert-OH is 1. The summed E-state index contributed by atoms with van der Waals surface area (Å²) in [5.74, 6) is 3.03. The van der Waals surface area contributed by atoms with Crippen molar-refractivity contribution in [1.29, 1.82) is 0 Å². The van der Waals surface area contributed by atoms with Crippen molar-refractivity contribution in [1.82, 2.24) is 10.6 Å². The number of aliphatic hydroxyl groups is 1. The Kier molecular flexibility index (Phi) is 7.70. The number of fused-ring (bicyclic) bond motifs is 3. The van der Waals surface area contributed by atoms with Gasteiger partial charge in [0.15, 0.2) is 6.04 Å². The maximum absolute atomic E-state index is 12.6. The van der Waals surface area contributed by atoms with Crippen LogP contribution in [0.4, 0.5) is 4.79 Å². The monoisotopic (exact) mass is 450 g/mol. The number of carbonyl (C=O) groups is 3. The van der Waals surface area contributed by atoms with Crippen LogP contribution in [0, 0.1) is 11.8 Å². The number of nitrogens with one attached hydrogen (secondary N) is 2. The van der Waals surface area contributed by atoms with E-state index in [1.807, 2.05) is 48.5 Å². The molecule has 172 valence electrons. The molecule has 2 aromatic rings. The number of carboxylic acid groups (broad SMARTS) is 1. The molecule has 3 rings (SSSR count). The van der Waals surface area contributed by atoms with Gasteiger partial charge in [-0.3, -0.25) is 4.79 Å². The van der Waals surface area contributed by atoms with Crippen molar-refractivity contribution in [2.45, 2.75) is 44.4 Å². The van der Waals surface area contributed by atoms with Gasteiger partial charge in [-0.25, -0.2) is 9.59 Å². The molecule has 2 amide bonds. The molecule has 33 heavy (non-hydrogen) atoms. The highest BCUT2D eigenvalue weighted by molar-refractivity contribution is 5.89. The van der Waals surface area contributed by atoms with E-state index in [2.05, 4.69) is 22.5 Å². The first kappa shape index (κ1) is 23.8. The highest BCUT2D eigenvalue weighted by Gasteiger charge is 2.31. The Balaban J connectivity index is 1.68. The summed E-state index contributed by atoms with van der Waals surface area (Å²) in [5, 5.41) is 23.5. The lowest BCUT2D eigenvalue weighted by molar-refractivity contribution is -0.145. The van der Waals surface area contributed by atoms with Crippen molar-refractivity contribution < 1.29 is 29.3 Å². The number of rotatable bonds is 8. The van der Waals surface area contributed by atoms with Gasteiger partial charge in [-0.2, -0.15) is 0 Å². The SMILES string of the molecule is CC#CCC(NC(=O)OCC1c2ccccc2-c2ccccc21)C(=O)NC(C(=O)O)C(C)O. The maximum atomic E-state index is 12.6. The van der Waals surface area contributed by atoms with Crippen molar-refractivity contribution in [3.8, 4) is 23.0 Å². The van der Waals surface area contributed by atoms with Crippen LogP contribution in [0.2, 0.25) is 0 Å². The quantitative estimate of drug-likeness (QED) is 0.457. The molecule has 4 N–H and O–H groups in total. The molecular weight excluding hydrogens is 424 g/mol. The van der Waals surface area contributed by atoms with Gasteiger partial charge in [0.2, 0.25) is 5.91 Å². The third-order valence-corrected chi connectivity index (χ3v) is 5.48. The van der Waals surface area contributed by atoms with Crippen LogP contribution in [0.1, 0.15) is 37.3 Å². The second-order valence-electron chi connectivity index (χ2n) is 7.72. The molecule has 3 atom stereocenters. The van der Waals surface area contributed by atoms with E-state index < -0.39 is 36.2 Å². The average Bonchev–Trinajstić information content (AvgIpc) is 3.12. The van der Waals surface area contributed by atoms with E-state index >= 15 is 0 Å². The Morgan fingerprint density at radius 1 is 1.03 bits per heavy atom. The van der Waals surface area contributed by atoms with Crippen LogP contribution in [0.5, 0.6) is 0 Å². The zero-order valence-corrected chi connectivity index (χ0v) is 18.4. The lowest BCUT2D eigenvalue weighted by Gasteiger charge is -2.22. The smallest absolute Gasteiger partial charge is 0.407 e. The molecule has 0 bridgehead atoms. The van der Waals surface area contributed by atoms with Gasteiger partial charge in [0.25, 0.3) is 0 Å². The molecule has 2 aromatic carbocycles. The fraction of sp³-hybridized carbons (Fsp3) is 0.320. The van der Waals surface area contributed by atoms with Gasteiger partial charge in [0.1, 0.15) is 12.6 Å². The molecule has 1 aliphatic rings. The summed E-state index contributed by atoms with van der Waals surface area (Å²) in [6.45, 7) is 2.90. The van der Waals surface area contributed by atoms with Crippen molar-refractivity contribution in [2.24, 2.45) is 0 Å². The summed E-state index contributed by atoms with van der Waals surface area (Å²) < 4.78 is 5.46. The number of benzene rings is 2. The Hall–Kier alpha value is -3.83. The number of hydrogen-bond acceptors (Lipinski definition) is 5. The molecule has 0 aromatic heterocycles. The first-order valence-electron chi connectivity index (χ1n) is 10.6. The van der Waals surface area contributed by atoms with Gasteiger partial charge in [0.05, 0.1) is 6.10 Å². The Labute approximate surface area is 192 Å².